The lowest BCUT2D eigenvalue weighted by Crippen LogP contribution is -2.46. The Morgan fingerprint density at radius 2 is 1.24 bits per heavy atom. The van der Waals surface area contributed by atoms with Gasteiger partial charge in [0, 0.05) is 5.41 Å². The largest absolute Gasteiger partial charge is 0.0716 e. The van der Waals surface area contributed by atoms with Crippen LogP contribution >= 0.6 is 0 Å². The molecule has 0 bridgehead atoms. The van der Waals surface area contributed by atoms with Gasteiger partial charge in [-0.2, -0.15) is 0 Å². The Balaban J connectivity index is 2.87. The molecule has 0 amide bonds. The first-order valence-corrected chi connectivity index (χ1v) is 8.47. The molecule has 0 aromatic carbocycles. The van der Waals surface area contributed by atoms with Gasteiger partial charge in [-0.05, 0) is 47.7 Å². The predicted octanol–water partition coefficient (Wildman–Crippen LogP) is 6.55. The van der Waals surface area contributed by atoms with Crippen molar-refractivity contribution < 1.29 is 0 Å². The molecule has 0 heterocycles. The minimum Gasteiger partial charge on any atom is -0.0716 e. The van der Waals surface area contributed by atoms with Gasteiger partial charge in [-0.15, -0.1) is 0 Å². The third-order valence-electron chi connectivity index (χ3n) is 6.84. The van der Waals surface area contributed by atoms with Gasteiger partial charge in [0.25, 0.3) is 0 Å². The molecule has 2 aliphatic carbocycles. The van der Waals surface area contributed by atoms with Gasteiger partial charge < -0.3 is 0 Å². The fourth-order valence-electron chi connectivity index (χ4n) is 4.89. The highest BCUT2D eigenvalue weighted by atomic mass is 14.6. The second kappa shape index (κ2) is 4.61. The van der Waals surface area contributed by atoms with Gasteiger partial charge in [-0.3, -0.25) is 0 Å². The molecule has 2 aliphatic rings. The maximum absolute atomic E-state index is 2.49. The van der Waals surface area contributed by atoms with Crippen molar-refractivity contribution in [3.8, 4) is 0 Å². The third kappa shape index (κ3) is 2.26. The van der Waals surface area contributed by atoms with E-state index in [4.69, 9.17) is 0 Å². The molecule has 2 unspecified atom stereocenters. The first-order valence-electron chi connectivity index (χ1n) is 8.47. The molecular formula is C21H34. The standard InChI is InChI=1S/C21H34/c1-13-11-17-18(19(5,6)12-14(13)2)21(9,10)16(4)15(3)20(17,7)8/h11-12,15-16H,1-10H3. The van der Waals surface area contributed by atoms with Crippen LogP contribution in [0.3, 0.4) is 0 Å². The van der Waals surface area contributed by atoms with E-state index in [1.54, 1.807) is 11.1 Å². The van der Waals surface area contributed by atoms with Gasteiger partial charge in [0.05, 0.1) is 0 Å². The molecule has 0 radical (unpaired) electrons. The lowest BCUT2D eigenvalue weighted by atomic mass is 9.49. The van der Waals surface area contributed by atoms with E-state index in [0.717, 1.165) is 0 Å². The second-order valence-electron chi connectivity index (χ2n) is 9.19. The van der Waals surface area contributed by atoms with Crippen LogP contribution in [0, 0.1) is 28.1 Å². The van der Waals surface area contributed by atoms with E-state index >= 15 is 0 Å². The van der Waals surface area contributed by atoms with Crippen LogP contribution in [0.2, 0.25) is 0 Å². The Hall–Kier alpha value is -0.780. The van der Waals surface area contributed by atoms with Crippen molar-refractivity contribution in [3.05, 3.63) is 34.4 Å². The van der Waals surface area contributed by atoms with Crippen LogP contribution in [0.1, 0.15) is 69.2 Å². The minimum absolute atomic E-state index is 0.128. The Bertz CT molecular complexity index is 547. The molecule has 0 heteroatoms. The maximum Gasteiger partial charge on any atom is 0.00515 e. The normalized spacial score (nSPS) is 33.8. The minimum atomic E-state index is 0.128. The molecule has 0 aromatic heterocycles. The molecular weight excluding hydrogens is 252 g/mol. The SMILES string of the molecule is CC1=CC2=C(C(C)(C)C=C1C)C(C)(C)C(C)C(C)C2(C)C. The fourth-order valence-corrected chi connectivity index (χ4v) is 4.89. The van der Waals surface area contributed by atoms with E-state index in [2.05, 4.69) is 81.4 Å². The van der Waals surface area contributed by atoms with Crippen LogP contribution in [0.4, 0.5) is 0 Å². The van der Waals surface area contributed by atoms with Gasteiger partial charge in [-0.1, -0.05) is 78.7 Å². The molecule has 0 fully saturated rings. The lowest BCUT2D eigenvalue weighted by molar-refractivity contribution is 0.0806. The first-order chi connectivity index (χ1) is 9.33. The Morgan fingerprint density at radius 3 is 1.76 bits per heavy atom. The van der Waals surface area contributed by atoms with Crippen molar-refractivity contribution in [1.29, 1.82) is 0 Å². The summed E-state index contributed by atoms with van der Waals surface area (Å²) in [5, 5.41) is 0. The number of hydrogen-bond donors (Lipinski definition) is 0. The second-order valence-corrected chi connectivity index (χ2v) is 9.19. The average molecular weight is 287 g/mol. The predicted molar refractivity (Wildman–Crippen MR) is 94.2 cm³/mol. The fraction of sp³-hybridized carbons (Fsp3) is 0.714. The summed E-state index contributed by atoms with van der Waals surface area (Å²) in [4.78, 5) is 0. The molecule has 0 N–H and O–H groups in total. The van der Waals surface area contributed by atoms with E-state index < -0.39 is 0 Å². The molecule has 0 saturated heterocycles. The molecule has 118 valence electrons. The molecule has 2 atom stereocenters. The van der Waals surface area contributed by atoms with E-state index in [9.17, 15) is 0 Å². The summed E-state index contributed by atoms with van der Waals surface area (Å²) in [6, 6.07) is 0. The molecule has 0 aromatic rings. The molecule has 2 rings (SSSR count). The van der Waals surface area contributed by atoms with Crippen LogP contribution in [0.15, 0.2) is 34.4 Å². The van der Waals surface area contributed by atoms with Crippen molar-refractivity contribution in [2.75, 3.05) is 0 Å². The van der Waals surface area contributed by atoms with Crippen LogP contribution in [0.25, 0.3) is 0 Å². The summed E-state index contributed by atoms with van der Waals surface area (Å²) in [5.41, 5.74) is 6.71. The zero-order chi connectivity index (χ0) is 16.4. The Kier molecular flexibility index (Phi) is 3.64. The lowest BCUT2D eigenvalue weighted by Gasteiger charge is -2.55. The van der Waals surface area contributed by atoms with Crippen LogP contribution in [0.5, 0.6) is 0 Å². The van der Waals surface area contributed by atoms with E-state index in [1.165, 1.54) is 11.1 Å². The van der Waals surface area contributed by atoms with Gasteiger partial charge in [0.15, 0.2) is 0 Å². The van der Waals surface area contributed by atoms with Crippen LogP contribution in [-0.2, 0) is 0 Å². The van der Waals surface area contributed by atoms with Gasteiger partial charge in [-0.25, -0.2) is 0 Å². The van der Waals surface area contributed by atoms with Crippen molar-refractivity contribution in [2.45, 2.75) is 69.2 Å². The van der Waals surface area contributed by atoms with E-state index in [1.807, 2.05) is 0 Å². The highest BCUT2D eigenvalue weighted by molar-refractivity contribution is 5.51. The quantitative estimate of drug-likeness (QED) is 0.473. The smallest absolute Gasteiger partial charge is 0.00515 e. The number of rotatable bonds is 0. The van der Waals surface area contributed by atoms with Crippen LogP contribution < -0.4 is 0 Å². The summed E-state index contributed by atoms with van der Waals surface area (Å²) in [6.07, 6.45) is 4.97. The summed E-state index contributed by atoms with van der Waals surface area (Å²) < 4.78 is 0. The highest BCUT2D eigenvalue weighted by Gasteiger charge is 2.51. The number of allylic oxidation sites excluding steroid dienone is 6. The summed E-state index contributed by atoms with van der Waals surface area (Å²) in [7, 11) is 0. The zero-order valence-electron chi connectivity index (χ0n) is 15.8. The van der Waals surface area contributed by atoms with Crippen molar-refractivity contribution >= 4 is 0 Å². The average Bonchev–Trinajstić information content (AvgIpc) is 2.41. The molecule has 0 saturated carbocycles. The molecule has 0 aliphatic heterocycles. The summed E-state index contributed by atoms with van der Waals surface area (Å²) >= 11 is 0. The van der Waals surface area contributed by atoms with Crippen molar-refractivity contribution in [2.24, 2.45) is 28.1 Å². The maximum atomic E-state index is 2.49. The monoisotopic (exact) mass is 286 g/mol. The first kappa shape index (κ1) is 16.6. The summed E-state index contributed by atoms with van der Waals surface area (Å²) in [6.45, 7) is 24.0. The molecule has 0 spiro atoms. The topological polar surface area (TPSA) is 0 Å². The van der Waals surface area contributed by atoms with E-state index in [0.29, 0.717) is 11.8 Å². The summed E-state index contributed by atoms with van der Waals surface area (Å²) in [5.74, 6) is 1.37. The van der Waals surface area contributed by atoms with Crippen molar-refractivity contribution in [3.63, 3.8) is 0 Å². The zero-order valence-corrected chi connectivity index (χ0v) is 15.8. The molecule has 0 nitrogen and oxygen atoms in total. The molecule has 21 heavy (non-hydrogen) atoms. The number of hydrogen-bond acceptors (Lipinski definition) is 0. The van der Waals surface area contributed by atoms with Gasteiger partial charge in [0.1, 0.15) is 0 Å². The third-order valence-corrected chi connectivity index (χ3v) is 6.84. The van der Waals surface area contributed by atoms with Crippen molar-refractivity contribution in [1.82, 2.24) is 0 Å². The van der Waals surface area contributed by atoms with E-state index in [-0.39, 0.29) is 16.2 Å². The van der Waals surface area contributed by atoms with Gasteiger partial charge in [0.2, 0.25) is 0 Å². The Morgan fingerprint density at radius 1 is 0.762 bits per heavy atom. The highest BCUT2D eigenvalue weighted by Crippen LogP contribution is 2.61. The van der Waals surface area contributed by atoms with Crippen LogP contribution in [-0.4, -0.2) is 0 Å². The Labute approximate surface area is 132 Å². The van der Waals surface area contributed by atoms with Gasteiger partial charge >= 0.3 is 0 Å².